The molecule has 0 aromatic heterocycles. The van der Waals surface area contributed by atoms with E-state index in [-0.39, 0.29) is 17.6 Å². The van der Waals surface area contributed by atoms with Gasteiger partial charge in [0, 0.05) is 12.5 Å². The molecule has 2 aromatic rings. The normalized spacial score (nSPS) is 11.6. The molecule has 132 valence electrons. The molecule has 0 heterocycles. The van der Waals surface area contributed by atoms with Gasteiger partial charge in [0.2, 0.25) is 5.91 Å². The number of carbonyl (C=O) groups is 2. The molecule has 6 heteroatoms. The third-order valence-electron chi connectivity index (χ3n) is 3.61. The van der Waals surface area contributed by atoms with Crippen molar-refractivity contribution in [1.82, 2.24) is 5.32 Å². The number of carboxylic acids is 1. The molecule has 0 aliphatic rings. The first-order chi connectivity index (χ1) is 11.9. The Hall–Kier alpha value is -2.89. The lowest BCUT2D eigenvalue weighted by atomic mass is 10.0. The SMILES string of the molecule is CC(Cc1cccc(F)c1)C(=O)NCc1cccc(OCC(=O)O)c1. The van der Waals surface area contributed by atoms with E-state index >= 15 is 0 Å². The Balaban J connectivity index is 1.86. The summed E-state index contributed by atoms with van der Waals surface area (Å²) in [5.74, 6) is -1.37. The van der Waals surface area contributed by atoms with Crippen LogP contribution in [0.3, 0.4) is 0 Å². The van der Waals surface area contributed by atoms with E-state index in [0.29, 0.717) is 18.7 Å². The van der Waals surface area contributed by atoms with Crippen LogP contribution in [0, 0.1) is 11.7 Å². The fraction of sp³-hybridized carbons (Fsp3) is 0.263. The second kappa shape index (κ2) is 8.82. The predicted octanol–water partition coefficient (Wildman–Crippen LogP) is 2.78. The highest BCUT2D eigenvalue weighted by atomic mass is 19.1. The Morgan fingerprint density at radius 1 is 1.16 bits per heavy atom. The maximum Gasteiger partial charge on any atom is 0.341 e. The van der Waals surface area contributed by atoms with Crippen LogP contribution in [0.5, 0.6) is 5.75 Å². The molecule has 0 radical (unpaired) electrons. The fourth-order valence-electron chi connectivity index (χ4n) is 2.36. The number of halogens is 1. The van der Waals surface area contributed by atoms with Crippen LogP contribution in [-0.4, -0.2) is 23.6 Å². The molecule has 5 nitrogen and oxygen atoms in total. The number of aliphatic carboxylic acids is 1. The van der Waals surface area contributed by atoms with Crippen molar-refractivity contribution < 1.29 is 23.8 Å². The molecule has 2 rings (SSSR count). The Kier molecular flexibility index (Phi) is 6.51. The molecule has 0 spiro atoms. The average molecular weight is 345 g/mol. The van der Waals surface area contributed by atoms with E-state index in [1.165, 1.54) is 12.1 Å². The molecule has 25 heavy (non-hydrogen) atoms. The molecule has 1 atom stereocenters. The number of ether oxygens (including phenoxy) is 1. The third-order valence-corrected chi connectivity index (χ3v) is 3.61. The van der Waals surface area contributed by atoms with Gasteiger partial charge in [0.15, 0.2) is 6.61 Å². The van der Waals surface area contributed by atoms with Crippen LogP contribution in [0.15, 0.2) is 48.5 Å². The number of hydrogen-bond acceptors (Lipinski definition) is 3. The van der Waals surface area contributed by atoms with Crippen molar-refractivity contribution >= 4 is 11.9 Å². The van der Waals surface area contributed by atoms with Crippen LogP contribution in [0.4, 0.5) is 4.39 Å². The van der Waals surface area contributed by atoms with E-state index in [0.717, 1.165) is 11.1 Å². The van der Waals surface area contributed by atoms with Gasteiger partial charge in [0.1, 0.15) is 11.6 Å². The Labute approximate surface area is 145 Å². The summed E-state index contributed by atoms with van der Waals surface area (Å²) in [7, 11) is 0. The van der Waals surface area contributed by atoms with Gasteiger partial charge in [0.25, 0.3) is 0 Å². The Morgan fingerprint density at radius 2 is 1.88 bits per heavy atom. The highest BCUT2D eigenvalue weighted by Crippen LogP contribution is 2.14. The van der Waals surface area contributed by atoms with Crippen LogP contribution in [-0.2, 0) is 22.6 Å². The first-order valence-electron chi connectivity index (χ1n) is 7.89. The second-order valence-corrected chi connectivity index (χ2v) is 5.78. The number of hydrogen-bond donors (Lipinski definition) is 2. The summed E-state index contributed by atoms with van der Waals surface area (Å²) in [4.78, 5) is 22.7. The molecule has 0 fully saturated rings. The van der Waals surface area contributed by atoms with Gasteiger partial charge in [-0.15, -0.1) is 0 Å². The quantitative estimate of drug-likeness (QED) is 0.771. The molecular formula is C19H20FNO4. The molecule has 0 aliphatic heterocycles. The van der Waals surface area contributed by atoms with Gasteiger partial charge < -0.3 is 15.2 Å². The number of benzene rings is 2. The standard InChI is InChI=1S/C19H20FNO4/c1-13(8-14-4-2-6-16(20)9-14)19(24)21-11-15-5-3-7-17(10-15)25-12-18(22)23/h2-7,9-10,13H,8,11-12H2,1H3,(H,21,24)(H,22,23). The molecule has 0 saturated heterocycles. The summed E-state index contributed by atoms with van der Waals surface area (Å²) in [5, 5.41) is 11.4. The average Bonchev–Trinajstić information content (AvgIpc) is 2.58. The van der Waals surface area contributed by atoms with Gasteiger partial charge in [-0.1, -0.05) is 31.2 Å². The molecule has 2 aromatic carbocycles. The number of rotatable bonds is 8. The minimum Gasteiger partial charge on any atom is -0.482 e. The number of carbonyl (C=O) groups excluding carboxylic acids is 1. The monoisotopic (exact) mass is 345 g/mol. The summed E-state index contributed by atoms with van der Waals surface area (Å²) in [6.45, 7) is 1.67. The van der Waals surface area contributed by atoms with Crippen molar-refractivity contribution in [3.8, 4) is 5.75 Å². The Morgan fingerprint density at radius 3 is 2.60 bits per heavy atom. The van der Waals surface area contributed by atoms with Crippen molar-refractivity contribution in [2.24, 2.45) is 5.92 Å². The van der Waals surface area contributed by atoms with Gasteiger partial charge >= 0.3 is 5.97 Å². The van der Waals surface area contributed by atoms with E-state index in [1.807, 2.05) is 6.07 Å². The van der Waals surface area contributed by atoms with Crippen LogP contribution in [0.2, 0.25) is 0 Å². The summed E-state index contributed by atoms with van der Waals surface area (Å²) >= 11 is 0. The largest absolute Gasteiger partial charge is 0.482 e. The first kappa shape index (κ1) is 18.4. The third kappa shape index (κ3) is 6.25. The number of nitrogens with one attached hydrogen (secondary N) is 1. The summed E-state index contributed by atoms with van der Waals surface area (Å²) in [6, 6.07) is 13.1. The lowest BCUT2D eigenvalue weighted by Gasteiger charge is -2.13. The van der Waals surface area contributed by atoms with Crippen LogP contribution >= 0.6 is 0 Å². The van der Waals surface area contributed by atoms with Crippen molar-refractivity contribution in [3.05, 3.63) is 65.5 Å². The second-order valence-electron chi connectivity index (χ2n) is 5.78. The highest BCUT2D eigenvalue weighted by molar-refractivity contribution is 5.78. The van der Waals surface area contributed by atoms with E-state index in [1.54, 1.807) is 37.3 Å². The van der Waals surface area contributed by atoms with Crippen molar-refractivity contribution in [3.63, 3.8) is 0 Å². The summed E-state index contributed by atoms with van der Waals surface area (Å²) in [6.07, 6.45) is 0.450. The van der Waals surface area contributed by atoms with Crippen LogP contribution in [0.1, 0.15) is 18.1 Å². The number of amides is 1. The van der Waals surface area contributed by atoms with E-state index < -0.39 is 12.6 Å². The van der Waals surface area contributed by atoms with Crippen LogP contribution in [0.25, 0.3) is 0 Å². The lowest BCUT2D eigenvalue weighted by molar-refractivity contribution is -0.139. The smallest absolute Gasteiger partial charge is 0.341 e. The molecule has 0 aliphatic carbocycles. The topological polar surface area (TPSA) is 75.6 Å². The molecule has 0 saturated carbocycles. The van der Waals surface area contributed by atoms with Crippen LogP contribution < -0.4 is 10.1 Å². The molecular weight excluding hydrogens is 325 g/mol. The zero-order chi connectivity index (χ0) is 18.2. The van der Waals surface area contributed by atoms with Gasteiger partial charge in [-0.05, 0) is 41.8 Å². The zero-order valence-corrected chi connectivity index (χ0v) is 13.9. The lowest BCUT2D eigenvalue weighted by Crippen LogP contribution is -2.29. The van der Waals surface area contributed by atoms with Crippen molar-refractivity contribution in [1.29, 1.82) is 0 Å². The minimum absolute atomic E-state index is 0.138. The minimum atomic E-state index is -1.05. The van der Waals surface area contributed by atoms with Gasteiger partial charge in [0.05, 0.1) is 0 Å². The van der Waals surface area contributed by atoms with Gasteiger partial charge in [-0.3, -0.25) is 4.79 Å². The van der Waals surface area contributed by atoms with E-state index in [4.69, 9.17) is 9.84 Å². The fourth-order valence-corrected chi connectivity index (χ4v) is 2.36. The zero-order valence-electron chi connectivity index (χ0n) is 13.9. The predicted molar refractivity (Wildman–Crippen MR) is 90.7 cm³/mol. The molecule has 0 bridgehead atoms. The molecule has 2 N–H and O–H groups in total. The number of carboxylic acid groups (broad SMARTS) is 1. The van der Waals surface area contributed by atoms with Gasteiger partial charge in [-0.25, -0.2) is 9.18 Å². The van der Waals surface area contributed by atoms with E-state index in [2.05, 4.69) is 5.32 Å². The van der Waals surface area contributed by atoms with Crippen molar-refractivity contribution in [2.75, 3.05) is 6.61 Å². The maximum absolute atomic E-state index is 13.2. The molecule has 1 amide bonds. The summed E-state index contributed by atoms with van der Waals surface area (Å²) < 4.78 is 18.3. The Bertz CT molecular complexity index is 748. The highest BCUT2D eigenvalue weighted by Gasteiger charge is 2.13. The van der Waals surface area contributed by atoms with E-state index in [9.17, 15) is 14.0 Å². The summed E-state index contributed by atoms with van der Waals surface area (Å²) in [5.41, 5.74) is 1.57. The first-order valence-corrected chi connectivity index (χ1v) is 7.89. The maximum atomic E-state index is 13.2. The van der Waals surface area contributed by atoms with Gasteiger partial charge in [-0.2, -0.15) is 0 Å². The molecule has 1 unspecified atom stereocenters. The van der Waals surface area contributed by atoms with Crippen molar-refractivity contribution in [2.45, 2.75) is 19.9 Å².